The van der Waals surface area contributed by atoms with Gasteiger partial charge in [-0.3, -0.25) is 34.3 Å². The molecule has 2 aliphatic heterocycles. The van der Waals surface area contributed by atoms with E-state index in [1.807, 2.05) is 45.9 Å². The molecule has 2 fully saturated rings. The summed E-state index contributed by atoms with van der Waals surface area (Å²) in [7, 11) is 0. The van der Waals surface area contributed by atoms with Gasteiger partial charge in [0.25, 0.3) is 5.91 Å². The van der Waals surface area contributed by atoms with Crippen LogP contribution in [0.1, 0.15) is 105 Å². The molecule has 0 unspecified atom stereocenters. The van der Waals surface area contributed by atoms with Gasteiger partial charge in [0.1, 0.15) is 17.7 Å². The molecule has 2 heterocycles. The lowest BCUT2D eigenvalue weighted by molar-refractivity contribution is -0.145. The third-order valence-corrected chi connectivity index (χ3v) is 9.55. The second kappa shape index (κ2) is 15.8. The van der Waals surface area contributed by atoms with Crippen LogP contribution in [0.15, 0.2) is 30.3 Å². The fraction of sp³-hybridized carbons (Fsp3) is 0.639. The maximum absolute atomic E-state index is 14.5. The van der Waals surface area contributed by atoms with Crippen LogP contribution >= 0.6 is 11.6 Å². The van der Waals surface area contributed by atoms with E-state index in [-0.39, 0.29) is 37.3 Å². The highest BCUT2D eigenvalue weighted by atomic mass is 35.5. The smallest absolute Gasteiger partial charge is 0.289 e. The third-order valence-electron chi connectivity index (χ3n) is 9.32. The Morgan fingerprint density at radius 1 is 1.06 bits per heavy atom. The number of Topliss-reactive ketones (excluding diaryl/α,β-unsaturated/α-hetero) is 1. The van der Waals surface area contributed by atoms with E-state index in [2.05, 4.69) is 21.4 Å². The lowest BCUT2D eigenvalue weighted by atomic mass is 9.84. The Morgan fingerprint density at radius 3 is 2.40 bits per heavy atom. The number of rotatable bonds is 12. The summed E-state index contributed by atoms with van der Waals surface area (Å²) in [6.45, 7) is 11.0. The number of ketones is 1. The van der Waals surface area contributed by atoms with Crippen molar-refractivity contribution in [1.29, 1.82) is 0 Å². The first-order chi connectivity index (χ1) is 22.6. The first-order valence-electron chi connectivity index (χ1n) is 17.3. The molecule has 0 aromatic heterocycles. The maximum Gasteiger partial charge on any atom is 0.289 e. The Hall–Kier alpha value is -3.44. The van der Waals surface area contributed by atoms with Crippen LogP contribution in [0.2, 0.25) is 5.02 Å². The second-order valence-corrected chi connectivity index (χ2v) is 15.4. The molecule has 3 aliphatic rings. The Morgan fingerprint density at radius 2 is 1.77 bits per heavy atom. The molecule has 4 rings (SSSR count). The Bertz CT molecular complexity index is 1400. The van der Waals surface area contributed by atoms with E-state index in [4.69, 9.17) is 16.4 Å². The third kappa shape index (κ3) is 9.37. The number of amides is 4. The zero-order valence-corrected chi connectivity index (χ0v) is 29.9. The van der Waals surface area contributed by atoms with Gasteiger partial charge in [-0.2, -0.15) is 0 Å². The van der Waals surface area contributed by atoms with E-state index in [1.165, 1.54) is 11.3 Å². The van der Waals surface area contributed by atoms with Crippen LogP contribution in [-0.2, 0) is 28.8 Å². The summed E-state index contributed by atoms with van der Waals surface area (Å²) in [6, 6.07) is 3.94. The van der Waals surface area contributed by atoms with E-state index in [0.717, 1.165) is 31.2 Å². The average Bonchev–Trinajstić information content (AvgIpc) is 3.62. The van der Waals surface area contributed by atoms with Crippen LogP contribution in [-0.4, -0.2) is 70.6 Å². The highest BCUT2D eigenvalue weighted by molar-refractivity contribution is 6.38. The molecule has 264 valence electrons. The SMILES string of the molecule is CCC[C@H](NC(=O)[C@@H]1C[C@]2(C=C(c3cccc(Cl)c3)NO2)CN1C(=O)[C@@H](NC(=O)CC1CCCCC1)C(C)(C)C)C(=O)C(=O)NC(C)C. The zero-order valence-electron chi connectivity index (χ0n) is 29.1. The lowest BCUT2D eigenvalue weighted by Gasteiger charge is -2.36. The van der Waals surface area contributed by atoms with E-state index in [9.17, 15) is 24.0 Å². The van der Waals surface area contributed by atoms with Gasteiger partial charge < -0.3 is 20.9 Å². The minimum Gasteiger partial charge on any atom is -0.347 e. The number of hydrogen-bond donors (Lipinski definition) is 4. The second-order valence-electron chi connectivity index (χ2n) is 14.9. The van der Waals surface area contributed by atoms with Gasteiger partial charge in [0, 0.05) is 29.5 Å². The van der Waals surface area contributed by atoms with Crippen molar-refractivity contribution in [2.24, 2.45) is 11.3 Å². The van der Waals surface area contributed by atoms with Crippen LogP contribution in [0.25, 0.3) is 5.70 Å². The molecule has 4 amide bonds. The largest absolute Gasteiger partial charge is 0.347 e. The summed E-state index contributed by atoms with van der Waals surface area (Å²) in [6.07, 6.45) is 8.46. The molecule has 4 atom stereocenters. The van der Waals surface area contributed by atoms with Crippen LogP contribution in [0.5, 0.6) is 0 Å². The molecule has 4 N–H and O–H groups in total. The molecule has 11 nitrogen and oxygen atoms in total. The molecule has 1 saturated heterocycles. The summed E-state index contributed by atoms with van der Waals surface area (Å²) in [5, 5.41) is 8.95. The van der Waals surface area contributed by atoms with Crippen LogP contribution in [0, 0.1) is 11.3 Å². The number of hydrogen-bond acceptors (Lipinski definition) is 7. The Labute approximate surface area is 289 Å². The molecule has 1 saturated carbocycles. The van der Waals surface area contributed by atoms with Crippen molar-refractivity contribution < 1.29 is 28.8 Å². The summed E-state index contributed by atoms with van der Waals surface area (Å²) >= 11 is 6.24. The first-order valence-corrected chi connectivity index (χ1v) is 17.7. The van der Waals surface area contributed by atoms with Gasteiger partial charge >= 0.3 is 0 Å². The molecular weight excluding hydrogens is 634 g/mol. The summed E-state index contributed by atoms with van der Waals surface area (Å²) in [4.78, 5) is 75.3. The quantitative estimate of drug-likeness (QED) is 0.238. The van der Waals surface area contributed by atoms with Gasteiger partial charge in [0.15, 0.2) is 0 Å². The topological polar surface area (TPSA) is 146 Å². The highest BCUT2D eigenvalue weighted by Gasteiger charge is 2.54. The average molecular weight is 686 g/mol. The van der Waals surface area contributed by atoms with Crippen LogP contribution < -0.4 is 21.4 Å². The molecular formula is C36H52ClN5O6. The van der Waals surface area contributed by atoms with Crippen LogP contribution in [0.4, 0.5) is 0 Å². The van der Waals surface area contributed by atoms with Gasteiger partial charge in [0.05, 0.1) is 18.3 Å². The number of benzene rings is 1. The van der Waals surface area contributed by atoms with Crippen molar-refractivity contribution in [3.8, 4) is 0 Å². The Balaban J connectivity index is 1.63. The minimum atomic E-state index is -1.08. The van der Waals surface area contributed by atoms with Crippen molar-refractivity contribution in [3.05, 3.63) is 40.9 Å². The van der Waals surface area contributed by atoms with Gasteiger partial charge in [-0.1, -0.05) is 77.1 Å². The van der Waals surface area contributed by atoms with E-state index in [1.54, 1.807) is 26.0 Å². The van der Waals surface area contributed by atoms with Gasteiger partial charge in [-0.15, -0.1) is 0 Å². The molecule has 1 aliphatic carbocycles. The molecule has 48 heavy (non-hydrogen) atoms. The molecule has 12 heteroatoms. The number of likely N-dealkylation sites (tertiary alicyclic amines) is 1. The zero-order chi connectivity index (χ0) is 35.2. The molecule has 0 radical (unpaired) electrons. The van der Waals surface area contributed by atoms with Gasteiger partial charge in [0.2, 0.25) is 23.5 Å². The number of carbonyl (C=O) groups excluding carboxylic acids is 5. The molecule has 1 aromatic carbocycles. The summed E-state index contributed by atoms with van der Waals surface area (Å²) < 4.78 is 0. The Kier molecular flexibility index (Phi) is 12.3. The maximum atomic E-state index is 14.5. The van der Waals surface area contributed by atoms with Crippen molar-refractivity contribution in [1.82, 2.24) is 26.3 Å². The monoisotopic (exact) mass is 685 g/mol. The fourth-order valence-electron chi connectivity index (χ4n) is 6.83. The fourth-order valence-corrected chi connectivity index (χ4v) is 7.02. The van der Waals surface area contributed by atoms with Crippen LogP contribution in [0.3, 0.4) is 0 Å². The minimum absolute atomic E-state index is 0.0201. The molecule has 0 bridgehead atoms. The van der Waals surface area contributed by atoms with E-state index < -0.39 is 52.6 Å². The van der Waals surface area contributed by atoms with Crippen molar-refractivity contribution in [3.63, 3.8) is 0 Å². The number of halogens is 1. The van der Waals surface area contributed by atoms with Crippen molar-refractivity contribution >= 4 is 46.7 Å². The van der Waals surface area contributed by atoms with Crippen molar-refractivity contribution in [2.75, 3.05) is 6.54 Å². The number of nitrogens with zero attached hydrogens (tertiary/aromatic N) is 1. The van der Waals surface area contributed by atoms with Crippen molar-refractivity contribution in [2.45, 2.75) is 129 Å². The first kappa shape index (κ1) is 37.4. The summed E-state index contributed by atoms with van der Waals surface area (Å²) in [5.74, 6) is -2.40. The number of nitrogens with one attached hydrogen (secondary N) is 4. The number of carbonyl (C=O) groups is 5. The standard InChI is InChI=1S/C36H52ClN5O6/c1-7-12-26(30(44)33(46)38-22(2)3)39-32(45)28-20-36(19-27(41-48-36)24-15-11-16-25(37)18-24)21-42(28)34(47)31(35(4,5)6)40-29(43)17-23-13-9-8-10-14-23/h11,15-16,18-19,22-23,26,28,31,41H,7-10,12-14,17,20-21H2,1-6H3,(H,38,46)(H,39,45)(H,40,43)/t26-,28-,31+,36+/m0/s1. The van der Waals surface area contributed by atoms with E-state index in [0.29, 0.717) is 23.6 Å². The normalized spacial score (nSPS) is 22.5. The molecule has 1 spiro atoms. The lowest BCUT2D eigenvalue weighted by Crippen LogP contribution is -2.59. The predicted molar refractivity (Wildman–Crippen MR) is 184 cm³/mol. The van der Waals surface area contributed by atoms with Gasteiger partial charge in [-0.05, 0) is 62.7 Å². The van der Waals surface area contributed by atoms with Gasteiger partial charge in [-0.25, -0.2) is 0 Å². The predicted octanol–water partition coefficient (Wildman–Crippen LogP) is 4.44. The summed E-state index contributed by atoms with van der Waals surface area (Å²) in [5.41, 5.74) is 2.62. The van der Waals surface area contributed by atoms with E-state index >= 15 is 0 Å². The molecule has 1 aromatic rings. The number of hydroxylamine groups is 1. The highest BCUT2D eigenvalue weighted by Crippen LogP contribution is 2.39.